The predicted molar refractivity (Wildman–Crippen MR) is 90.2 cm³/mol. The van der Waals surface area contributed by atoms with Gasteiger partial charge in [-0.2, -0.15) is 0 Å². The third kappa shape index (κ3) is 2.23. The van der Waals surface area contributed by atoms with Gasteiger partial charge in [0.2, 0.25) is 0 Å². The van der Waals surface area contributed by atoms with Crippen LogP contribution in [0.15, 0.2) is 30.6 Å². The first kappa shape index (κ1) is 13.6. The number of aromatic nitrogens is 3. The van der Waals surface area contributed by atoms with E-state index in [9.17, 15) is 0 Å². The third-order valence-electron chi connectivity index (χ3n) is 5.00. The van der Waals surface area contributed by atoms with Gasteiger partial charge in [0, 0.05) is 34.8 Å². The van der Waals surface area contributed by atoms with Crippen molar-refractivity contribution in [1.29, 1.82) is 0 Å². The Morgan fingerprint density at radius 1 is 0.955 bits per heavy atom. The largest absolute Gasteiger partial charge is 0.337 e. The van der Waals surface area contributed by atoms with E-state index in [0.717, 1.165) is 21.9 Å². The highest BCUT2D eigenvalue weighted by atomic mass is 15.3. The van der Waals surface area contributed by atoms with Crippen molar-refractivity contribution >= 4 is 21.9 Å². The van der Waals surface area contributed by atoms with Gasteiger partial charge in [-0.15, -0.1) is 0 Å². The molecule has 4 heteroatoms. The van der Waals surface area contributed by atoms with E-state index in [4.69, 9.17) is 10.8 Å². The van der Waals surface area contributed by atoms with Crippen LogP contribution in [0, 0.1) is 0 Å². The SMILES string of the molecule is Nn1c2ccncc2c2ccc(C3CCCCCCC3)nc21. The molecular weight excluding hydrogens is 272 g/mol. The summed E-state index contributed by atoms with van der Waals surface area (Å²) >= 11 is 0. The fourth-order valence-corrected chi connectivity index (χ4v) is 3.75. The van der Waals surface area contributed by atoms with Crippen LogP contribution in [0.3, 0.4) is 0 Å². The van der Waals surface area contributed by atoms with Crippen molar-refractivity contribution in [2.75, 3.05) is 5.84 Å². The Hall–Kier alpha value is -2.10. The molecule has 1 saturated carbocycles. The van der Waals surface area contributed by atoms with Gasteiger partial charge < -0.3 is 5.84 Å². The van der Waals surface area contributed by atoms with Crippen LogP contribution in [-0.2, 0) is 0 Å². The summed E-state index contributed by atoms with van der Waals surface area (Å²) in [4.78, 5) is 9.13. The molecule has 114 valence electrons. The number of pyridine rings is 2. The number of rotatable bonds is 1. The van der Waals surface area contributed by atoms with Crippen molar-refractivity contribution in [2.24, 2.45) is 0 Å². The summed E-state index contributed by atoms with van der Waals surface area (Å²) in [6.07, 6.45) is 12.9. The number of hydrogen-bond donors (Lipinski definition) is 1. The molecule has 4 rings (SSSR count). The van der Waals surface area contributed by atoms with Crippen LogP contribution < -0.4 is 5.84 Å². The molecule has 0 amide bonds. The van der Waals surface area contributed by atoms with Crippen LogP contribution in [0.2, 0.25) is 0 Å². The van der Waals surface area contributed by atoms with Crippen molar-refractivity contribution in [2.45, 2.75) is 50.9 Å². The summed E-state index contributed by atoms with van der Waals surface area (Å²) in [7, 11) is 0. The molecule has 3 aromatic rings. The summed E-state index contributed by atoms with van der Waals surface area (Å²) < 4.78 is 1.71. The van der Waals surface area contributed by atoms with Crippen LogP contribution in [0.25, 0.3) is 21.9 Å². The number of nitrogen functional groups attached to an aromatic ring is 1. The zero-order chi connectivity index (χ0) is 14.9. The molecule has 0 bridgehead atoms. The quantitative estimate of drug-likeness (QED) is 0.687. The molecule has 0 aliphatic heterocycles. The maximum atomic E-state index is 6.26. The minimum Gasteiger partial charge on any atom is -0.337 e. The molecule has 22 heavy (non-hydrogen) atoms. The van der Waals surface area contributed by atoms with Crippen molar-refractivity contribution in [3.63, 3.8) is 0 Å². The van der Waals surface area contributed by atoms with Gasteiger partial charge in [-0.1, -0.05) is 32.1 Å². The fourth-order valence-electron chi connectivity index (χ4n) is 3.75. The van der Waals surface area contributed by atoms with Crippen molar-refractivity contribution in [3.8, 4) is 0 Å². The van der Waals surface area contributed by atoms with E-state index in [2.05, 4.69) is 17.1 Å². The van der Waals surface area contributed by atoms with Crippen LogP contribution in [-0.4, -0.2) is 14.6 Å². The van der Waals surface area contributed by atoms with Gasteiger partial charge in [-0.05, 0) is 31.0 Å². The predicted octanol–water partition coefficient (Wildman–Crippen LogP) is 4.13. The molecule has 3 heterocycles. The summed E-state index contributed by atoms with van der Waals surface area (Å²) in [5, 5.41) is 2.18. The first-order valence-electron chi connectivity index (χ1n) is 8.35. The molecular formula is C18H22N4. The Morgan fingerprint density at radius 2 is 1.73 bits per heavy atom. The van der Waals surface area contributed by atoms with Crippen LogP contribution >= 0.6 is 0 Å². The van der Waals surface area contributed by atoms with Gasteiger partial charge in [0.15, 0.2) is 5.65 Å². The second-order valence-electron chi connectivity index (χ2n) is 6.41. The molecule has 0 unspecified atom stereocenters. The Balaban J connectivity index is 1.79. The van der Waals surface area contributed by atoms with E-state index >= 15 is 0 Å². The molecule has 0 radical (unpaired) electrons. The second kappa shape index (κ2) is 5.59. The van der Waals surface area contributed by atoms with Gasteiger partial charge in [0.1, 0.15) is 0 Å². The highest BCUT2D eigenvalue weighted by Crippen LogP contribution is 2.32. The van der Waals surface area contributed by atoms with Crippen molar-refractivity contribution < 1.29 is 0 Å². The maximum absolute atomic E-state index is 6.26. The van der Waals surface area contributed by atoms with Gasteiger partial charge in [-0.25, -0.2) is 9.66 Å². The molecule has 1 fully saturated rings. The van der Waals surface area contributed by atoms with E-state index in [1.54, 1.807) is 10.9 Å². The maximum Gasteiger partial charge on any atom is 0.159 e. The highest BCUT2D eigenvalue weighted by molar-refractivity contribution is 6.06. The average molecular weight is 294 g/mol. The third-order valence-corrected chi connectivity index (χ3v) is 5.00. The van der Waals surface area contributed by atoms with E-state index in [0.29, 0.717) is 5.92 Å². The summed E-state index contributed by atoms with van der Waals surface area (Å²) in [5.41, 5.74) is 3.08. The lowest BCUT2D eigenvalue weighted by molar-refractivity contribution is 0.450. The number of nitrogens with two attached hydrogens (primary N) is 1. The summed E-state index contributed by atoms with van der Waals surface area (Å²) in [6, 6.07) is 6.32. The Kier molecular flexibility index (Phi) is 3.45. The van der Waals surface area contributed by atoms with E-state index < -0.39 is 0 Å². The molecule has 0 spiro atoms. The highest BCUT2D eigenvalue weighted by Gasteiger charge is 2.17. The van der Waals surface area contributed by atoms with Crippen molar-refractivity contribution in [3.05, 3.63) is 36.3 Å². The first-order valence-corrected chi connectivity index (χ1v) is 8.35. The standard InChI is InChI=1S/C18H22N4/c19-22-17-10-11-20-12-15(17)14-8-9-16(21-18(14)22)13-6-4-2-1-3-5-7-13/h8-13H,1-7,19H2. The summed E-state index contributed by atoms with van der Waals surface area (Å²) in [6.45, 7) is 0. The number of hydrogen-bond acceptors (Lipinski definition) is 3. The topological polar surface area (TPSA) is 56.7 Å². The zero-order valence-corrected chi connectivity index (χ0v) is 12.8. The smallest absolute Gasteiger partial charge is 0.159 e. The van der Waals surface area contributed by atoms with Gasteiger partial charge >= 0.3 is 0 Å². The van der Waals surface area contributed by atoms with Gasteiger partial charge in [0.25, 0.3) is 0 Å². The minimum absolute atomic E-state index is 0.584. The number of nitrogens with zero attached hydrogens (tertiary/aromatic N) is 3. The first-order chi connectivity index (χ1) is 10.8. The van der Waals surface area contributed by atoms with E-state index in [-0.39, 0.29) is 0 Å². The average Bonchev–Trinajstić information content (AvgIpc) is 2.80. The molecule has 0 aromatic carbocycles. The van der Waals surface area contributed by atoms with Crippen LogP contribution in [0.5, 0.6) is 0 Å². The Labute approximate surface area is 130 Å². The Bertz CT molecular complexity index is 797. The normalized spacial score (nSPS) is 17.6. The molecule has 1 aliphatic rings. The monoisotopic (exact) mass is 294 g/mol. The minimum atomic E-state index is 0.584. The molecule has 4 nitrogen and oxygen atoms in total. The Morgan fingerprint density at radius 3 is 2.55 bits per heavy atom. The van der Waals surface area contributed by atoms with E-state index in [1.165, 1.54) is 50.6 Å². The molecule has 0 saturated heterocycles. The molecule has 2 N–H and O–H groups in total. The molecule has 1 aliphatic carbocycles. The lowest BCUT2D eigenvalue weighted by Gasteiger charge is -2.19. The van der Waals surface area contributed by atoms with Crippen LogP contribution in [0.4, 0.5) is 0 Å². The van der Waals surface area contributed by atoms with E-state index in [1.807, 2.05) is 12.3 Å². The van der Waals surface area contributed by atoms with Crippen molar-refractivity contribution in [1.82, 2.24) is 14.6 Å². The fraction of sp³-hybridized carbons (Fsp3) is 0.444. The summed E-state index contributed by atoms with van der Waals surface area (Å²) in [5.74, 6) is 6.84. The second-order valence-corrected chi connectivity index (χ2v) is 6.41. The van der Waals surface area contributed by atoms with Crippen LogP contribution in [0.1, 0.15) is 56.6 Å². The van der Waals surface area contributed by atoms with Gasteiger partial charge in [-0.3, -0.25) is 4.98 Å². The molecule has 0 atom stereocenters. The van der Waals surface area contributed by atoms with Gasteiger partial charge in [0.05, 0.1) is 5.52 Å². The lowest BCUT2D eigenvalue weighted by Crippen LogP contribution is -2.10. The zero-order valence-electron chi connectivity index (χ0n) is 12.8. The molecule has 3 aromatic heterocycles. The number of fused-ring (bicyclic) bond motifs is 3. The lowest BCUT2D eigenvalue weighted by atomic mass is 9.88.